The number of piperazine rings is 1. The van der Waals surface area contributed by atoms with Gasteiger partial charge in [-0.1, -0.05) is 41.9 Å². The number of carbonyl (C=O) groups is 1. The van der Waals surface area contributed by atoms with Crippen LogP contribution >= 0.6 is 11.6 Å². The molecular formula is C25H26ClN3O3S. The SMILES string of the molecule is Cc1cccc(NS(=O)(=O)c2cc(C(=O)N3CCN(c4ccccc4)CC3)ccc2Cl)c1C. The largest absolute Gasteiger partial charge is 0.368 e. The van der Waals surface area contributed by atoms with E-state index in [1.54, 1.807) is 23.1 Å². The zero-order valence-electron chi connectivity index (χ0n) is 18.6. The maximum Gasteiger partial charge on any atom is 0.263 e. The van der Waals surface area contributed by atoms with E-state index in [-0.39, 0.29) is 15.8 Å². The number of para-hydroxylation sites is 1. The molecule has 1 heterocycles. The molecule has 1 aliphatic rings. The summed E-state index contributed by atoms with van der Waals surface area (Å²) in [6, 6.07) is 19.9. The summed E-state index contributed by atoms with van der Waals surface area (Å²) in [5.41, 5.74) is 3.72. The van der Waals surface area contributed by atoms with Gasteiger partial charge in [0.05, 0.1) is 10.7 Å². The first-order valence-electron chi connectivity index (χ1n) is 10.7. The molecule has 0 saturated carbocycles. The summed E-state index contributed by atoms with van der Waals surface area (Å²) in [5, 5.41) is 0.0678. The lowest BCUT2D eigenvalue weighted by atomic mass is 10.1. The second-order valence-corrected chi connectivity index (χ2v) is 10.2. The average Bonchev–Trinajstić information content (AvgIpc) is 2.82. The standard InChI is InChI=1S/C25H26ClN3O3S/c1-18-7-6-10-23(19(18)2)27-33(31,32)24-17-20(11-12-22(24)26)25(30)29-15-13-28(14-16-29)21-8-4-3-5-9-21/h3-12,17,27H,13-16H2,1-2H3. The first-order valence-corrected chi connectivity index (χ1v) is 12.6. The van der Waals surface area contributed by atoms with Crippen LogP contribution in [0.1, 0.15) is 21.5 Å². The van der Waals surface area contributed by atoms with Crippen LogP contribution in [-0.2, 0) is 10.0 Å². The van der Waals surface area contributed by atoms with Crippen LogP contribution in [0.2, 0.25) is 5.02 Å². The van der Waals surface area contributed by atoms with E-state index in [4.69, 9.17) is 11.6 Å². The summed E-state index contributed by atoms with van der Waals surface area (Å²) in [7, 11) is -3.98. The molecular weight excluding hydrogens is 458 g/mol. The van der Waals surface area contributed by atoms with Crippen LogP contribution in [0.4, 0.5) is 11.4 Å². The Morgan fingerprint density at radius 1 is 0.909 bits per heavy atom. The number of amides is 1. The van der Waals surface area contributed by atoms with Gasteiger partial charge in [0, 0.05) is 37.4 Å². The minimum atomic E-state index is -3.98. The molecule has 3 aromatic carbocycles. The Morgan fingerprint density at radius 2 is 1.61 bits per heavy atom. The number of hydrogen-bond donors (Lipinski definition) is 1. The Hall–Kier alpha value is -3.03. The van der Waals surface area contributed by atoms with Crippen LogP contribution < -0.4 is 9.62 Å². The van der Waals surface area contributed by atoms with Gasteiger partial charge in [-0.3, -0.25) is 9.52 Å². The molecule has 6 nitrogen and oxygen atoms in total. The molecule has 1 saturated heterocycles. The van der Waals surface area contributed by atoms with E-state index < -0.39 is 10.0 Å². The van der Waals surface area contributed by atoms with E-state index in [0.717, 1.165) is 16.8 Å². The highest BCUT2D eigenvalue weighted by Crippen LogP contribution is 2.28. The van der Waals surface area contributed by atoms with Gasteiger partial charge in [0.2, 0.25) is 0 Å². The van der Waals surface area contributed by atoms with Crippen LogP contribution in [0.15, 0.2) is 71.6 Å². The molecule has 33 heavy (non-hydrogen) atoms. The summed E-state index contributed by atoms with van der Waals surface area (Å²) in [6.07, 6.45) is 0. The minimum Gasteiger partial charge on any atom is -0.368 e. The Balaban J connectivity index is 1.52. The van der Waals surface area contributed by atoms with Gasteiger partial charge < -0.3 is 9.80 Å². The minimum absolute atomic E-state index is 0.0678. The van der Waals surface area contributed by atoms with Gasteiger partial charge in [-0.25, -0.2) is 8.42 Å². The summed E-state index contributed by atoms with van der Waals surface area (Å²) in [5.74, 6) is -0.206. The van der Waals surface area contributed by atoms with E-state index >= 15 is 0 Å². The Kier molecular flexibility index (Phi) is 6.63. The molecule has 1 N–H and O–H groups in total. The summed E-state index contributed by atoms with van der Waals surface area (Å²) in [6.45, 7) is 6.30. The van der Waals surface area contributed by atoms with E-state index in [2.05, 4.69) is 21.8 Å². The number of nitrogens with zero attached hydrogens (tertiary/aromatic N) is 2. The van der Waals surface area contributed by atoms with Gasteiger partial charge >= 0.3 is 0 Å². The molecule has 4 rings (SSSR count). The highest BCUT2D eigenvalue weighted by Gasteiger charge is 2.25. The fourth-order valence-corrected chi connectivity index (χ4v) is 5.54. The summed E-state index contributed by atoms with van der Waals surface area (Å²) < 4.78 is 28.8. The fourth-order valence-electron chi connectivity index (χ4n) is 3.89. The van der Waals surface area contributed by atoms with Crippen molar-refractivity contribution in [3.05, 3.63) is 88.4 Å². The fraction of sp³-hybridized carbons (Fsp3) is 0.240. The average molecular weight is 484 g/mol. The maximum absolute atomic E-state index is 13.1. The molecule has 1 aliphatic heterocycles. The third kappa shape index (κ3) is 4.99. The zero-order valence-corrected chi connectivity index (χ0v) is 20.2. The molecule has 0 aliphatic carbocycles. The van der Waals surface area contributed by atoms with Crippen LogP contribution in [0.3, 0.4) is 0 Å². The lowest BCUT2D eigenvalue weighted by Gasteiger charge is -2.36. The normalized spacial score (nSPS) is 14.3. The van der Waals surface area contributed by atoms with Gasteiger partial charge in [0.25, 0.3) is 15.9 Å². The molecule has 0 spiro atoms. The zero-order chi connectivity index (χ0) is 23.6. The quantitative estimate of drug-likeness (QED) is 0.570. The predicted molar refractivity (Wildman–Crippen MR) is 133 cm³/mol. The third-order valence-electron chi connectivity index (χ3n) is 6.00. The van der Waals surface area contributed by atoms with Crippen LogP contribution in [0, 0.1) is 13.8 Å². The van der Waals surface area contributed by atoms with E-state index in [1.807, 2.05) is 38.1 Å². The van der Waals surface area contributed by atoms with Crippen molar-refractivity contribution >= 4 is 38.9 Å². The Morgan fingerprint density at radius 3 is 2.30 bits per heavy atom. The second-order valence-electron chi connectivity index (χ2n) is 8.11. The number of sulfonamides is 1. The van der Waals surface area contributed by atoms with Crippen molar-refractivity contribution in [2.45, 2.75) is 18.7 Å². The van der Waals surface area contributed by atoms with E-state index in [1.165, 1.54) is 12.1 Å². The number of hydrogen-bond acceptors (Lipinski definition) is 4. The van der Waals surface area contributed by atoms with Crippen LogP contribution in [0.25, 0.3) is 0 Å². The summed E-state index contributed by atoms with van der Waals surface area (Å²) in [4.78, 5) is 17.0. The van der Waals surface area contributed by atoms with Gasteiger partial charge in [-0.2, -0.15) is 0 Å². The molecule has 0 aromatic heterocycles. The van der Waals surface area contributed by atoms with Crippen molar-refractivity contribution in [2.24, 2.45) is 0 Å². The highest BCUT2D eigenvalue weighted by atomic mass is 35.5. The van der Waals surface area contributed by atoms with Gasteiger partial charge in [0.15, 0.2) is 0 Å². The first kappa shape index (κ1) is 23.1. The lowest BCUT2D eigenvalue weighted by Crippen LogP contribution is -2.48. The number of rotatable bonds is 5. The molecule has 8 heteroatoms. The molecule has 0 unspecified atom stereocenters. The monoisotopic (exact) mass is 483 g/mol. The van der Waals surface area contributed by atoms with Gasteiger partial charge in [-0.05, 0) is 61.4 Å². The van der Waals surface area contributed by atoms with Crippen molar-refractivity contribution in [3.63, 3.8) is 0 Å². The van der Waals surface area contributed by atoms with Crippen molar-refractivity contribution in [2.75, 3.05) is 35.8 Å². The second kappa shape index (κ2) is 9.45. The molecule has 0 atom stereocenters. The smallest absolute Gasteiger partial charge is 0.263 e. The lowest BCUT2D eigenvalue weighted by molar-refractivity contribution is 0.0746. The summed E-state index contributed by atoms with van der Waals surface area (Å²) >= 11 is 6.24. The van der Waals surface area contributed by atoms with E-state index in [9.17, 15) is 13.2 Å². The number of halogens is 1. The van der Waals surface area contributed by atoms with Crippen LogP contribution in [0.5, 0.6) is 0 Å². The topological polar surface area (TPSA) is 69.7 Å². The number of benzene rings is 3. The van der Waals surface area contributed by atoms with Crippen molar-refractivity contribution in [1.29, 1.82) is 0 Å². The third-order valence-corrected chi connectivity index (χ3v) is 7.85. The van der Waals surface area contributed by atoms with Gasteiger partial charge in [-0.15, -0.1) is 0 Å². The van der Waals surface area contributed by atoms with Gasteiger partial charge in [0.1, 0.15) is 4.90 Å². The number of carbonyl (C=O) groups excluding carboxylic acids is 1. The highest BCUT2D eigenvalue weighted by molar-refractivity contribution is 7.92. The molecule has 0 radical (unpaired) electrons. The molecule has 172 valence electrons. The predicted octanol–water partition coefficient (Wildman–Crippen LogP) is 4.72. The molecule has 1 amide bonds. The number of anilines is 2. The molecule has 3 aromatic rings. The number of nitrogens with one attached hydrogen (secondary N) is 1. The number of aryl methyl sites for hydroxylation is 1. The van der Waals surface area contributed by atoms with Crippen molar-refractivity contribution in [1.82, 2.24) is 4.90 Å². The Bertz CT molecular complexity index is 1270. The Labute approximate surface area is 199 Å². The van der Waals surface area contributed by atoms with Crippen molar-refractivity contribution in [3.8, 4) is 0 Å². The molecule has 0 bridgehead atoms. The first-order chi connectivity index (χ1) is 15.8. The molecule has 1 fully saturated rings. The van der Waals surface area contributed by atoms with Crippen LogP contribution in [-0.4, -0.2) is 45.4 Å². The maximum atomic E-state index is 13.1. The van der Waals surface area contributed by atoms with E-state index in [0.29, 0.717) is 37.4 Å². The van der Waals surface area contributed by atoms with Crippen molar-refractivity contribution < 1.29 is 13.2 Å².